The molecule has 1 saturated carbocycles. The monoisotopic (exact) mass is 212 g/mol. The lowest BCUT2D eigenvalue weighted by Crippen LogP contribution is -2.37. The first kappa shape index (κ1) is 12.5. The van der Waals surface area contributed by atoms with Crippen LogP contribution in [0.1, 0.15) is 39.5 Å². The molecule has 0 aromatic heterocycles. The van der Waals surface area contributed by atoms with Gasteiger partial charge in [0.2, 0.25) is 5.91 Å². The molecule has 0 heterocycles. The van der Waals surface area contributed by atoms with Crippen molar-refractivity contribution in [3.05, 3.63) is 0 Å². The summed E-state index contributed by atoms with van der Waals surface area (Å²) in [5.74, 6) is 1.68. The molecule has 3 nitrogen and oxygen atoms in total. The minimum Gasteiger partial charge on any atom is -0.355 e. The highest BCUT2D eigenvalue weighted by Gasteiger charge is 2.18. The van der Waals surface area contributed by atoms with Gasteiger partial charge in [-0.05, 0) is 31.2 Å². The van der Waals surface area contributed by atoms with Crippen LogP contribution >= 0.6 is 0 Å². The third-order valence-electron chi connectivity index (χ3n) is 3.17. The summed E-state index contributed by atoms with van der Waals surface area (Å²) in [5.41, 5.74) is 0. The summed E-state index contributed by atoms with van der Waals surface area (Å²) < 4.78 is 0. The smallest absolute Gasteiger partial charge is 0.233 e. The Morgan fingerprint density at radius 1 is 1.40 bits per heavy atom. The molecule has 2 N–H and O–H groups in total. The molecule has 0 spiro atoms. The molecule has 3 heteroatoms. The number of amides is 1. The maximum atomic E-state index is 11.4. The SMILES string of the molecule is CCNCC(=O)NCC1CCCC(C)C1. The van der Waals surface area contributed by atoms with Crippen LogP contribution in [0.25, 0.3) is 0 Å². The summed E-state index contributed by atoms with van der Waals surface area (Å²) >= 11 is 0. The summed E-state index contributed by atoms with van der Waals surface area (Å²) in [5, 5.41) is 6.04. The molecule has 15 heavy (non-hydrogen) atoms. The largest absolute Gasteiger partial charge is 0.355 e. The van der Waals surface area contributed by atoms with Crippen molar-refractivity contribution in [2.24, 2.45) is 11.8 Å². The van der Waals surface area contributed by atoms with E-state index in [2.05, 4.69) is 17.6 Å². The second-order valence-electron chi connectivity index (χ2n) is 4.72. The molecule has 1 fully saturated rings. The van der Waals surface area contributed by atoms with Crippen molar-refractivity contribution in [1.82, 2.24) is 10.6 Å². The Labute approximate surface area is 93.0 Å². The summed E-state index contributed by atoms with van der Waals surface area (Å²) in [6, 6.07) is 0. The normalized spacial score (nSPS) is 26.3. The molecule has 1 amide bonds. The van der Waals surface area contributed by atoms with E-state index in [1.165, 1.54) is 25.7 Å². The highest BCUT2D eigenvalue weighted by molar-refractivity contribution is 5.77. The fourth-order valence-electron chi connectivity index (χ4n) is 2.30. The van der Waals surface area contributed by atoms with Crippen molar-refractivity contribution >= 4 is 5.91 Å². The van der Waals surface area contributed by atoms with E-state index in [0.29, 0.717) is 12.5 Å². The van der Waals surface area contributed by atoms with Crippen molar-refractivity contribution in [3.63, 3.8) is 0 Å². The fourth-order valence-corrected chi connectivity index (χ4v) is 2.30. The molecule has 88 valence electrons. The van der Waals surface area contributed by atoms with Gasteiger partial charge in [-0.25, -0.2) is 0 Å². The number of hydrogen-bond acceptors (Lipinski definition) is 2. The van der Waals surface area contributed by atoms with Gasteiger partial charge in [0, 0.05) is 6.54 Å². The second kappa shape index (κ2) is 6.83. The van der Waals surface area contributed by atoms with Crippen molar-refractivity contribution < 1.29 is 4.79 Å². The zero-order chi connectivity index (χ0) is 11.1. The van der Waals surface area contributed by atoms with E-state index in [0.717, 1.165) is 19.0 Å². The summed E-state index contributed by atoms with van der Waals surface area (Å²) in [6.07, 6.45) is 5.25. The number of hydrogen-bond donors (Lipinski definition) is 2. The van der Waals surface area contributed by atoms with E-state index in [1.54, 1.807) is 0 Å². The Morgan fingerprint density at radius 2 is 2.20 bits per heavy atom. The Balaban J connectivity index is 2.10. The Morgan fingerprint density at radius 3 is 2.87 bits per heavy atom. The average Bonchev–Trinajstić information content (AvgIpc) is 2.23. The standard InChI is InChI=1S/C12H24N2O/c1-3-13-9-12(15)14-8-11-6-4-5-10(2)7-11/h10-11,13H,3-9H2,1-2H3,(H,14,15). The van der Waals surface area contributed by atoms with E-state index in [-0.39, 0.29) is 5.91 Å². The lowest BCUT2D eigenvalue weighted by atomic mass is 9.82. The van der Waals surface area contributed by atoms with Gasteiger partial charge in [-0.3, -0.25) is 4.79 Å². The lowest BCUT2D eigenvalue weighted by Gasteiger charge is -2.26. The van der Waals surface area contributed by atoms with Crippen LogP contribution in [0.2, 0.25) is 0 Å². The molecule has 1 aliphatic rings. The van der Waals surface area contributed by atoms with Gasteiger partial charge in [-0.15, -0.1) is 0 Å². The van der Waals surface area contributed by atoms with E-state index in [9.17, 15) is 4.79 Å². The third kappa shape index (κ3) is 5.17. The predicted octanol–water partition coefficient (Wildman–Crippen LogP) is 1.54. The quantitative estimate of drug-likeness (QED) is 0.726. The molecule has 1 aliphatic carbocycles. The van der Waals surface area contributed by atoms with Crippen LogP contribution in [0.5, 0.6) is 0 Å². The van der Waals surface area contributed by atoms with Crippen molar-refractivity contribution in [3.8, 4) is 0 Å². The second-order valence-corrected chi connectivity index (χ2v) is 4.72. The molecular formula is C12H24N2O. The van der Waals surface area contributed by atoms with Gasteiger partial charge < -0.3 is 10.6 Å². The predicted molar refractivity (Wildman–Crippen MR) is 62.7 cm³/mol. The summed E-state index contributed by atoms with van der Waals surface area (Å²) in [4.78, 5) is 11.4. The summed E-state index contributed by atoms with van der Waals surface area (Å²) in [6.45, 7) is 6.50. The first-order chi connectivity index (χ1) is 7.22. The van der Waals surface area contributed by atoms with E-state index in [4.69, 9.17) is 0 Å². The Bertz CT molecular complexity index is 194. The molecule has 0 bridgehead atoms. The highest BCUT2D eigenvalue weighted by Crippen LogP contribution is 2.27. The zero-order valence-corrected chi connectivity index (χ0v) is 10.0. The van der Waals surface area contributed by atoms with Gasteiger partial charge in [-0.2, -0.15) is 0 Å². The Kier molecular flexibility index (Phi) is 5.69. The number of carbonyl (C=O) groups is 1. The van der Waals surface area contributed by atoms with E-state index < -0.39 is 0 Å². The van der Waals surface area contributed by atoms with Crippen LogP contribution in [0.15, 0.2) is 0 Å². The average molecular weight is 212 g/mol. The van der Waals surface area contributed by atoms with Crippen LogP contribution in [-0.4, -0.2) is 25.5 Å². The topological polar surface area (TPSA) is 41.1 Å². The molecular weight excluding hydrogens is 188 g/mol. The van der Waals surface area contributed by atoms with Crippen LogP contribution in [-0.2, 0) is 4.79 Å². The minimum atomic E-state index is 0.134. The lowest BCUT2D eigenvalue weighted by molar-refractivity contribution is -0.120. The molecule has 2 atom stereocenters. The van der Waals surface area contributed by atoms with Crippen LogP contribution in [0.4, 0.5) is 0 Å². The van der Waals surface area contributed by atoms with Crippen molar-refractivity contribution in [1.29, 1.82) is 0 Å². The first-order valence-electron chi connectivity index (χ1n) is 6.19. The minimum absolute atomic E-state index is 0.134. The van der Waals surface area contributed by atoms with Crippen LogP contribution in [0, 0.1) is 11.8 Å². The van der Waals surface area contributed by atoms with Gasteiger partial charge in [0.25, 0.3) is 0 Å². The highest BCUT2D eigenvalue weighted by atomic mass is 16.1. The van der Waals surface area contributed by atoms with E-state index >= 15 is 0 Å². The molecule has 1 rings (SSSR count). The maximum absolute atomic E-state index is 11.4. The molecule has 0 radical (unpaired) electrons. The zero-order valence-electron chi connectivity index (χ0n) is 10.0. The molecule has 0 aromatic rings. The van der Waals surface area contributed by atoms with Crippen molar-refractivity contribution in [2.75, 3.05) is 19.6 Å². The van der Waals surface area contributed by atoms with Gasteiger partial charge >= 0.3 is 0 Å². The van der Waals surface area contributed by atoms with Crippen LogP contribution < -0.4 is 10.6 Å². The number of carbonyl (C=O) groups excluding carboxylic acids is 1. The van der Waals surface area contributed by atoms with E-state index in [1.807, 2.05) is 6.92 Å². The number of likely N-dealkylation sites (N-methyl/N-ethyl adjacent to an activating group) is 1. The molecule has 0 saturated heterocycles. The fraction of sp³-hybridized carbons (Fsp3) is 0.917. The number of nitrogens with one attached hydrogen (secondary N) is 2. The molecule has 0 aromatic carbocycles. The first-order valence-corrected chi connectivity index (χ1v) is 6.19. The molecule has 2 unspecified atom stereocenters. The van der Waals surface area contributed by atoms with Crippen molar-refractivity contribution in [2.45, 2.75) is 39.5 Å². The van der Waals surface area contributed by atoms with Gasteiger partial charge in [-0.1, -0.05) is 26.7 Å². The van der Waals surface area contributed by atoms with Gasteiger partial charge in [0.05, 0.1) is 6.54 Å². The third-order valence-corrected chi connectivity index (χ3v) is 3.17. The maximum Gasteiger partial charge on any atom is 0.233 e. The Hall–Kier alpha value is -0.570. The summed E-state index contributed by atoms with van der Waals surface area (Å²) in [7, 11) is 0. The van der Waals surface area contributed by atoms with Crippen LogP contribution in [0.3, 0.4) is 0 Å². The van der Waals surface area contributed by atoms with Gasteiger partial charge in [0.1, 0.15) is 0 Å². The molecule has 0 aliphatic heterocycles. The van der Waals surface area contributed by atoms with Gasteiger partial charge in [0.15, 0.2) is 0 Å². The number of rotatable bonds is 5.